The van der Waals surface area contributed by atoms with E-state index < -0.39 is 0 Å². The van der Waals surface area contributed by atoms with Crippen molar-refractivity contribution < 1.29 is 9.84 Å². The Balaban J connectivity index is 0. The van der Waals surface area contributed by atoms with Gasteiger partial charge in [-0.05, 0) is 20.3 Å². The maximum atomic E-state index is 8.76. The number of rotatable bonds is 30. The van der Waals surface area contributed by atoms with Gasteiger partial charge in [0.2, 0.25) is 0 Å². The van der Waals surface area contributed by atoms with Crippen LogP contribution in [0.1, 0.15) is 201 Å². The lowest BCUT2D eigenvalue weighted by molar-refractivity contribution is 0.162. The monoisotopic (exact) mass is 513 g/mol. The van der Waals surface area contributed by atoms with Crippen LogP contribution in [0, 0.1) is 0 Å². The summed E-state index contributed by atoms with van der Waals surface area (Å²) in [6, 6.07) is 0. The topological polar surface area (TPSA) is 29.5 Å². The van der Waals surface area contributed by atoms with Crippen LogP contribution in [-0.2, 0) is 4.74 Å². The Bertz CT molecular complexity index is 301. The Morgan fingerprint density at radius 3 is 0.639 bits per heavy atom. The predicted molar refractivity (Wildman–Crippen MR) is 164 cm³/mol. The number of aliphatic hydroxyl groups is 1. The summed E-state index contributed by atoms with van der Waals surface area (Å²) in [4.78, 5) is 0. The van der Waals surface area contributed by atoms with E-state index in [9.17, 15) is 0 Å². The number of ether oxygens (including phenoxy) is 1. The number of aliphatic hydroxyl groups excluding tert-OH is 1. The fraction of sp³-hybridized carbons (Fsp3) is 1.00. The zero-order valence-corrected chi connectivity index (χ0v) is 25.8. The molecule has 0 spiro atoms. The lowest BCUT2D eigenvalue weighted by Crippen LogP contribution is -1.85. The van der Waals surface area contributed by atoms with Crippen molar-refractivity contribution in [2.24, 2.45) is 0 Å². The highest BCUT2D eigenvalue weighted by Crippen LogP contribution is 2.16. The molecule has 0 aromatic carbocycles. The SMILES string of the molecule is CCCCCCCCCCCCCCCCCCCCCCCCCCCCCCO.CCOCC. The second kappa shape index (κ2) is 39.4. The van der Waals surface area contributed by atoms with Crippen LogP contribution in [0.5, 0.6) is 0 Å². The lowest BCUT2D eigenvalue weighted by Gasteiger charge is -2.04. The Kier molecular flexibility index (Phi) is 41.7. The molecule has 0 radical (unpaired) electrons. The smallest absolute Gasteiger partial charge is 0.0437 e. The Hall–Kier alpha value is -0.0800. The van der Waals surface area contributed by atoms with Gasteiger partial charge in [0.15, 0.2) is 0 Å². The van der Waals surface area contributed by atoms with Crippen molar-refractivity contribution in [2.45, 2.75) is 201 Å². The third-order valence-corrected chi connectivity index (χ3v) is 7.42. The molecule has 0 saturated heterocycles. The van der Waals surface area contributed by atoms with Crippen LogP contribution in [0.15, 0.2) is 0 Å². The van der Waals surface area contributed by atoms with Crippen LogP contribution >= 0.6 is 0 Å². The molecule has 0 aliphatic rings. The Morgan fingerprint density at radius 1 is 0.306 bits per heavy atom. The minimum absolute atomic E-state index is 0.374. The highest BCUT2D eigenvalue weighted by Gasteiger charge is 1.96. The average Bonchev–Trinajstić information content (AvgIpc) is 2.89. The number of hydrogen-bond donors (Lipinski definition) is 1. The van der Waals surface area contributed by atoms with Crippen molar-refractivity contribution in [3.63, 3.8) is 0 Å². The van der Waals surface area contributed by atoms with Crippen LogP contribution < -0.4 is 0 Å². The minimum atomic E-state index is 0.374. The van der Waals surface area contributed by atoms with Crippen LogP contribution in [0.4, 0.5) is 0 Å². The number of hydrogen-bond acceptors (Lipinski definition) is 2. The molecular weight excluding hydrogens is 440 g/mol. The van der Waals surface area contributed by atoms with E-state index >= 15 is 0 Å². The lowest BCUT2D eigenvalue weighted by atomic mass is 10.0. The molecule has 2 nitrogen and oxygen atoms in total. The van der Waals surface area contributed by atoms with Gasteiger partial charge in [-0.3, -0.25) is 0 Å². The van der Waals surface area contributed by atoms with Gasteiger partial charge in [0, 0.05) is 19.8 Å². The van der Waals surface area contributed by atoms with Gasteiger partial charge in [0.1, 0.15) is 0 Å². The van der Waals surface area contributed by atoms with E-state index in [0.717, 1.165) is 19.6 Å². The molecule has 0 rings (SSSR count). The summed E-state index contributed by atoms with van der Waals surface area (Å²) in [6.45, 7) is 8.34. The third-order valence-electron chi connectivity index (χ3n) is 7.42. The van der Waals surface area contributed by atoms with Crippen LogP contribution in [0.25, 0.3) is 0 Å². The van der Waals surface area contributed by atoms with Gasteiger partial charge in [-0.15, -0.1) is 0 Å². The predicted octanol–water partition coefficient (Wildman–Crippen LogP) is 12.0. The molecule has 0 aliphatic carbocycles. The highest BCUT2D eigenvalue weighted by molar-refractivity contribution is 4.52. The standard InChI is InChI=1S/C30H62O.C4H10O/c1-2-3-4-5-6-7-8-9-10-11-12-13-14-15-16-17-18-19-20-21-22-23-24-25-26-27-28-29-30-31;1-3-5-4-2/h31H,2-30H2,1H3;3-4H2,1-2H3. The summed E-state index contributed by atoms with van der Waals surface area (Å²) in [5, 5.41) is 8.76. The van der Waals surface area contributed by atoms with Crippen molar-refractivity contribution in [2.75, 3.05) is 19.8 Å². The Labute approximate surface area is 230 Å². The molecule has 0 fully saturated rings. The molecule has 2 heteroatoms. The maximum Gasteiger partial charge on any atom is 0.0437 e. The number of unbranched alkanes of at least 4 members (excludes halogenated alkanes) is 27. The summed E-state index contributed by atoms with van der Waals surface area (Å²) in [5.41, 5.74) is 0. The zero-order chi connectivity index (χ0) is 26.6. The van der Waals surface area contributed by atoms with E-state index in [-0.39, 0.29) is 0 Å². The van der Waals surface area contributed by atoms with Gasteiger partial charge in [-0.1, -0.05) is 180 Å². The molecule has 1 N–H and O–H groups in total. The van der Waals surface area contributed by atoms with Crippen molar-refractivity contribution in [3.05, 3.63) is 0 Å². The summed E-state index contributed by atoms with van der Waals surface area (Å²) >= 11 is 0. The minimum Gasteiger partial charge on any atom is -0.396 e. The summed E-state index contributed by atoms with van der Waals surface area (Å²) in [5.74, 6) is 0. The van der Waals surface area contributed by atoms with E-state index in [1.165, 1.54) is 173 Å². The molecule has 0 aromatic rings. The molecule has 0 unspecified atom stereocenters. The second-order valence-electron chi connectivity index (χ2n) is 11.1. The van der Waals surface area contributed by atoms with E-state index in [1.807, 2.05) is 13.8 Å². The maximum absolute atomic E-state index is 8.76. The average molecular weight is 513 g/mol. The first-order valence-electron chi connectivity index (χ1n) is 17.0. The van der Waals surface area contributed by atoms with E-state index in [2.05, 4.69) is 6.92 Å². The molecule has 36 heavy (non-hydrogen) atoms. The fourth-order valence-electron chi connectivity index (χ4n) is 4.99. The van der Waals surface area contributed by atoms with Gasteiger partial charge >= 0.3 is 0 Å². The van der Waals surface area contributed by atoms with Gasteiger partial charge in [-0.25, -0.2) is 0 Å². The Morgan fingerprint density at radius 2 is 0.500 bits per heavy atom. The first-order chi connectivity index (χ1) is 17.8. The molecule has 0 saturated carbocycles. The van der Waals surface area contributed by atoms with Gasteiger partial charge in [0.05, 0.1) is 0 Å². The summed E-state index contributed by atoms with van der Waals surface area (Å²) in [6.07, 6.45) is 40.1. The molecule has 0 bridgehead atoms. The molecular formula is C34H72O2. The van der Waals surface area contributed by atoms with Crippen LogP contribution in [-0.4, -0.2) is 24.9 Å². The second-order valence-corrected chi connectivity index (χ2v) is 11.1. The van der Waals surface area contributed by atoms with Crippen molar-refractivity contribution in [3.8, 4) is 0 Å². The first kappa shape index (κ1) is 38.1. The van der Waals surface area contributed by atoms with Crippen molar-refractivity contribution in [1.29, 1.82) is 0 Å². The molecule has 0 aromatic heterocycles. The molecule has 0 amide bonds. The summed E-state index contributed by atoms with van der Waals surface area (Å²) < 4.78 is 4.83. The van der Waals surface area contributed by atoms with Gasteiger partial charge in [0.25, 0.3) is 0 Å². The van der Waals surface area contributed by atoms with E-state index in [4.69, 9.17) is 9.84 Å². The van der Waals surface area contributed by atoms with Crippen LogP contribution in [0.2, 0.25) is 0 Å². The fourth-order valence-corrected chi connectivity index (χ4v) is 4.99. The molecule has 0 heterocycles. The van der Waals surface area contributed by atoms with E-state index in [1.54, 1.807) is 0 Å². The van der Waals surface area contributed by atoms with E-state index in [0.29, 0.717) is 6.61 Å². The normalized spacial score (nSPS) is 11.0. The zero-order valence-electron chi connectivity index (χ0n) is 25.8. The van der Waals surface area contributed by atoms with Crippen molar-refractivity contribution in [1.82, 2.24) is 0 Å². The summed E-state index contributed by atoms with van der Waals surface area (Å²) in [7, 11) is 0. The molecule has 0 aliphatic heterocycles. The third kappa shape index (κ3) is 41.1. The molecule has 0 atom stereocenters. The largest absolute Gasteiger partial charge is 0.396 e. The van der Waals surface area contributed by atoms with Crippen LogP contribution in [0.3, 0.4) is 0 Å². The first-order valence-corrected chi connectivity index (χ1v) is 17.0. The van der Waals surface area contributed by atoms with Crippen molar-refractivity contribution >= 4 is 0 Å². The quantitative estimate of drug-likeness (QED) is 0.0969. The molecule has 220 valence electrons. The van der Waals surface area contributed by atoms with Gasteiger partial charge < -0.3 is 9.84 Å². The highest BCUT2D eigenvalue weighted by atomic mass is 16.5. The van der Waals surface area contributed by atoms with Gasteiger partial charge in [-0.2, -0.15) is 0 Å².